The van der Waals surface area contributed by atoms with Gasteiger partial charge < -0.3 is 31.5 Å². The van der Waals surface area contributed by atoms with Crippen LogP contribution in [0.3, 0.4) is 0 Å². The van der Waals surface area contributed by atoms with Gasteiger partial charge in [0, 0.05) is 12.6 Å². The van der Waals surface area contributed by atoms with E-state index in [9.17, 15) is 30.0 Å². The fraction of sp³-hybridized carbons (Fsp3) is 0.100. The lowest BCUT2D eigenvalue weighted by Gasteiger charge is -2.04. The molecule has 7 N–H and O–H groups in total. The van der Waals surface area contributed by atoms with Gasteiger partial charge in [0.25, 0.3) is 0 Å². The number of carbonyl (C=O) groups is 2. The van der Waals surface area contributed by atoms with Gasteiger partial charge in [0.2, 0.25) is 11.8 Å². The third-order valence-corrected chi connectivity index (χ3v) is 3.38. The number of hydrogen-bond donors (Lipinski definition) is 6. The lowest BCUT2D eigenvalue weighted by molar-refractivity contribution is -0.116. The Hall–Kier alpha value is -3.94. The van der Waals surface area contributed by atoms with Crippen molar-refractivity contribution in [2.24, 2.45) is 5.73 Å². The number of aromatic hydroxyl groups is 4. The molecular formula is C20H22N2O6. The molecule has 0 aliphatic heterocycles. The molecule has 8 heteroatoms. The topological polar surface area (TPSA) is 153 Å². The van der Waals surface area contributed by atoms with E-state index in [1.807, 2.05) is 0 Å². The molecule has 2 rings (SSSR count). The SMILES string of the molecule is C=CC(N)=O.O=C(C=Cc1ccc(O)c(O)c1)NCCc1ccc(O)c(O)c1. The number of nitrogens with one attached hydrogen (secondary N) is 1. The monoisotopic (exact) mass is 386 g/mol. The molecule has 0 fully saturated rings. The van der Waals surface area contributed by atoms with Crippen LogP contribution in [0.15, 0.2) is 55.1 Å². The summed E-state index contributed by atoms with van der Waals surface area (Å²) in [6.07, 6.45) is 4.40. The zero-order valence-corrected chi connectivity index (χ0v) is 15.0. The third-order valence-electron chi connectivity index (χ3n) is 3.38. The largest absolute Gasteiger partial charge is 0.504 e. The first-order chi connectivity index (χ1) is 13.2. The van der Waals surface area contributed by atoms with Crippen molar-refractivity contribution in [2.45, 2.75) is 6.42 Å². The van der Waals surface area contributed by atoms with Gasteiger partial charge in [-0.1, -0.05) is 18.7 Å². The first-order valence-electron chi connectivity index (χ1n) is 8.13. The highest BCUT2D eigenvalue weighted by Gasteiger charge is 2.02. The van der Waals surface area contributed by atoms with E-state index in [4.69, 9.17) is 0 Å². The smallest absolute Gasteiger partial charge is 0.244 e. The van der Waals surface area contributed by atoms with Gasteiger partial charge in [-0.3, -0.25) is 9.59 Å². The summed E-state index contributed by atoms with van der Waals surface area (Å²) < 4.78 is 0. The van der Waals surface area contributed by atoms with Gasteiger partial charge in [-0.05, 0) is 54.0 Å². The zero-order chi connectivity index (χ0) is 21.1. The zero-order valence-electron chi connectivity index (χ0n) is 15.0. The summed E-state index contributed by atoms with van der Waals surface area (Å²) in [5.41, 5.74) is 5.90. The van der Waals surface area contributed by atoms with Crippen molar-refractivity contribution in [1.29, 1.82) is 0 Å². The van der Waals surface area contributed by atoms with Crippen LogP contribution >= 0.6 is 0 Å². The second-order valence-electron chi connectivity index (χ2n) is 5.55. The van der Waals surface area contributed by atoms with E-state index in [0.717, 1.165) is 11.6 Å². The Labute approximate surface area is 161 Å². The molecule has 2 amide bonds. The number of carbonyl (C=O) groups excluding carboxylic acids is 2. The van der Waals surface area contributed by atoms with Crippen molar-refractivity contribution >= 4 is 17.9 Å². The number of amides is 2. The Balaban J connectivity index is 0.000000696. The molecule has 0 aromatic heterocycles. The van der Waals surface area contributed by atoms with E-state index in [0.29, 0.717) is 18.5 Å². The van der Waals surface area contributed by atoms with Gasteiger partial charge in [-0.15, -0.1) is 0 Å². The van der Waals surface area contributed by atoms with Gasteiger partial charge in [0.15, 0.2) is 23.0 Å². The van der Waals surface area contributed by atoms with Crippen LogP contribution in [0.2, 0.25) is 0 Å². The Morgan fingerprint density at radius 3 is 2.07 bits per heavy atom. The predicted molar refractivity (Wildman–Crippen MR) is 105 cm³/mol. The Morgan fingerprint density at radius 1 is 0.964 bits per heavy atom. The number of phenols is 4. The second kappa shape index (κ2) is 10.9. The lowest BCUT2D eigenvalue weighted by atomic mass is 10.1. The molecule has 148 valence electrons. The van der Waals surface area contributed by atoms with E-state index < -0.39 is 5.91 Å². The maximum atomic E-state index is 11.7. The Bertz CT molecular complexity index is 877. The molecule has 2 aromatic rings. The minimum atomic E-state index is -0.481. The van der Waals surface area contributed by atoms with Crippen LogP contribution in [0.4, 0.5) is 0 Å². The van der Waals surface area contributed by atoms with Crippen molar-refractivity contribution in [3.8, 4) is 23.0 Å². The number of hydrogen-bond acceptors (Lipinski definition) is 6. The highest BCUT2D eigenvalue weighted by molar-refractivity contribution is 5.91. The molecule has 0 aliphatic rings. The van der Waals surface area contributed by atoms with Gasteiger partial charge in [0.05, 0.1) is 0 Å². The summed E-state index contributed by atoms with van der Waals surface area (Å²) in [5, 5.41) is 39.8. The van der Waals surface area contributed by atoms with Gasteiger partial charge in [0.1, 0.15) is 0 Å². The van der Waals surface area contributed by atoms with Crippen molar-refractivity contribution in [3.63, 3.8) is 0 Å². The van der Waals surface area contributed by atoms with Crippen LogP contribution in [0.5, 0.6) is 23.0 Å². The van der Waals surface area contributed by atoms with Crippen LogP contribution in [-0.2, 0) is 16.0 Å². The van der Waals surface area contributed by atoms with Crippen LogP contribution in [-0.4, -0.2) is 38.8 Å². The third kappa shape index (κ3) is 7.96. The highest BCUT2D eigenvalue weighted by Crippen LogP contribution is 2.25. The molecule has 28 heavy (non-hydrogen) atoms. The summed E-state index contributed by atoms with van der Waals surface area (Å²) in [6, 6.07) is 8.75. The van der Waals surface area contributed by atoms with E-state index in [-0.39, 0.29) is 28.9 Å². The molecule has 2 aromatic carbocycles. The van der Waals surface area contributed by atoms with Crippen LogP contribution in [0.25, 0.3) is 6.08 Å². The quantitative estimate of drug-likeness (QED) is 0.327. The molecule has 0 atom stereocenters. The van der Waals surface area contributed by atoms with Crippen LogP contribution in [0.1, 0.15) is 11.1 Å². The summed E-state index contributed by atoms with van der Waals surface area (Å²) in [5.74, 6) is -1.63. The Kier molecular flexibility index (Phi) is 8.62. The molecule has 0 aliphatic carbocycles. The Morgan fingerprint density at radius 2 is 1.54 bits per heavy atom. The molecule has 0 saturated carbocycles. The van der Waals surface area contributed by atoms with Gasteiger partial charge >= 0.3 is 0 Å². The molecule has 0 heterocycles. The van der Waals surface area contributed by atoms with Gasteiger partial charge in [-0.2, -0.15) is 0 Å². The summed E-state index contributed by atoms with van der Waals surface area (Å²) in [6.45, 7) is 3.45. The highest BCUT2D eigenvalue weighted by atomic mass is 16.3. The van der Waals surface area contributed by atoms with E-state index in [1.165, 1.54) is 36.4 Å². The van der Waals surface area contributed by atoms with E-state index in [1.54, 1.807) is 12.1 Å². The maximum Gasteiger partial charge on any atom is 0.244 e. The second-order valence-corrected chi connectivity index (χ2v) is 5.55. The first-order valence-corrected chi connectivity index (χ1v) is 8.13. The van der Waals surface area contributed by atoms with Crippen molar-refractivity contribution < 1.29 is 30.0 Å². The number of rotatable bonds is 6. The van der Waals surface area contributed by atoms with Crippen molar-refractivity contribution in [3.05, 3.63) is 66.3 Å². The standard InChI is InChI=1S/C17H17NO5.C3H5NO/c19-13-4-1-11(9-15(13)21)3-6-17(23)18-8-7-12-2-5-14(20)16(22)10-12;1-2-3(4)5/h1-6,9-10,19-22H,7-8H2,(H,18,23);2H,1H2,(H2,4,5). The maximum absolute atomic E-state index is 11.7. The average Bonchev–Trinajstić information content (AvgIpc) is 2.66. The molecule has 0 bridgehead atoms. The molecule has 0 spiro atoms. The number of benzene rings is 2. The van der Waals surface area contributed by atoms with Crippen molar-refractivity contribution in [2.75, 3.05) is 6.54 Å². The molecule has 8 nitrogen and oxygen atoms in total. The van der Waals surface area contributed by atoms with Crippen LogP contribution in [0, 0.1) is 0 Å². The fourth-order valence-corrected chi connectivity index (χ4v) is 1.93. The molecule has 0 unspecified atom stereocenters. The fourth-order valence-electron chi connectivity index (χ4n) is 1.93. The minimum Gasteiger partial charge on any atom is -0.504 e. The van der Waals surface area contributed by atoms with E-state index >= 15 is 0 Å². The molecular weight excluding hydrogens is 364 g/mol. The summed E-state index contributed by atoms with van der Waals surface area (Å²) in [7, 11) is 0. The summed E-state index contributed by atoms with van der Waals surface area (Å²) >= 11 is 0. The number of phenolic OH excluding ortho intramolecular Hbond substituents is 4. The van der Waals surface area contributed by atoms with Crippen LogP contribution < -0.4 is 11.1 Å². The predicted octanol–water partition coefficient (Wildman–Crippen LogP) is 1.54. The molecule has 0 saturated heterocycles. The summed E-state index contributed by atoms with van der Waals surface area (Å²) in [4.78, 5) is 21.2. The molecule has 0 radical (unpaired) electrons. The van der Waals surface area contributed by atoms with E-state index in [2.05, 4.69) is 17.6 Å². The number of nitrogens with two attached hydrogens (primary N) is 1. The normalized spacial score (nSPS) is 10.0. The van der Waals surface area contributed by atoms with Crippen molar-refractivity contribution in [1.82, 2.24) is 5.32 Å². The lowest BCUT2D eigenvalue weighted by Crippen LogP contribution is -2.23. The van der Waals surface area contributed by atoms with Gasteiger partial charge in [-0.25, -0.2) is 0 Å². The minimum absolute atomic E-state index is 0.183. The first kappa shape index (κ1) is 22.1. The number of primary amides is 1. The average molecular weight is 386 g/mol.